The fourth-order valence-electron chi connectivity index (χ4n) is 3.44. The van der Waals surface area contributed by atoms with E-state index in [0.29, 0.717) is 17.2 Å². The van der Waals surface area contributed by atoms with Crippen LogP contribution in [0.5, 0.6) is 11.6 Å². The Kier molecular flexibility index (Phi) is 4.73. The fourth-order valence-corrected chi connectivity index (χ4v) is 3.44. The highest BCUT2D eigenvalue weighted by atomic mass is 16.5. The van der Waals surface area contributed by atoms with Crippen LogP contribution in [0.15, 0.2) is 77.7 Å². The predicted molar refractivity (Wildman–Crippen MR) is 122 cm³/mol. The van der Waals surface area contributed by atoms with Crippen LogP contribution in [0.3, 0.4) is 0 Å². The summed E-state index contributed by atoms with van der Waals surface area (Å²) in [6, 6.07) is 22.4. The molecule has 7 heteroatoms. The van der Waals surface area contributed by atoms with Gasteiger partial charge in [-0.2, -0.15) is 10.2 Å². The second-order valence-corrected chi connectivity index (χ2v) is 7.20. The highest BCUT2D eigenvalue weighted by molar-refractivity contribution is 5.91. The topological polar surface area (TPSA) is 96.1 Å². The number of H-pyrrole nitrogens is 1. The second kappa shape index (κ2) is 7.85. The minimum absolute atomic E-state index is 0.124. The molecule has 0 bridgehead atoms. The maximum Gasteiger partial charge on any atom is 0.269 e. The number of benzene rings is 2. The number of fused-ring (bicyclic) bond motifs is 2. The van der Waals surface area contributed by atoms with Gasteiger partial charge in [0.25, 0.3) is 5.56 Å². The summed E-state index contributed by atoms with van der Waals surface area (Å²) in [6.07, 6.45) is 3.10. The normalized spacial score (nSPS) is 11.6. The Morgan fingerprint density at radius 3 is 2.66 bits per heavy atom. The van der Waals surface area contributed by atoms with Crippen molar-refractivity contribution in [3.63, 3.8) is 0 Å². The van der Waals surface area contributed by atoms with Gasteiger partial charge in [-0.15, -0.1) is 0 Å². The van der Waals surface area contributed by atoms with E-state index in [9.17, 15) is 10.1 Å². The van der Waals surface area contributed by atoms with Crippen molar-refractivity contribution in [2.24, 2.45) is 0 Å². The number of aromatic nitrogens is 4. The maximum absolute atomic E-state index is 13.3. The first-order chi connectivity index (χ1) is 15.6. The van der Waals surface area contributed by atoms with E-state index in [4.69, 9.17) is 4.74 Å². The van der Waals surface area contributed by atoms with Gasteiger partial charge in [0, 0.05) is 6.20 Å². The number of pyridine rings is 1. The third-order valence-corrected chi connectivity index (χ3v) is 5.09. The molecular formula is C25H17N5O2. The molecule has 0 saturated heterocycles. The van der Waals surface area contributed by atoms with Crippen molar-refractivity contribution in [3.05, 3.63) is 100 Å². The molecule has 7 nitrogen and oxygen atoms in total. The van der Waals surface area contributed by atoms with E-state index in [0.717, 1.165) is 16.6 Å². The average Bonchev–Trinajstić information content (AvgIpc) is 3.24. The summed E-state index contributed by atoms with van der Waals surface area (Å²) in [5.41, 5.74) is 2.89. The van der Waals surface area contributed by atoms with Crippen molar-refractivity contribution in [1.29, 1.82) is 5.26 Å². The van der Waals surface area contributed by atoms with Crippen LogP contribution < -0.4 is 10.3 Å². The van der Waals surface area contributed by atoms with E-state index in [1.165, 1.54) is 10.5 Å². The van der Waals surface area contributed by atoms with Crippen LogP contribution in [0.1, 0.15) is 17.0 Å². The largest absolute Gasteiger partial charge is 0.438 e. The first kappa shape index (κ1) is 19.3. The van der Waals surface area contributed by atoms with Crippen LogP contribution >= 0.6 is 0 Å². The van der Waals surface area contributed by atoms with Gasteiger partial charge in [0.2, 0.25) is 5.88 Å². The van der Waals surface area contributed by atoms with E-state index in [-0.39, 0.29) is 22.6 Å². The number of rotatable bonds is 4. The summed E-state index contributed by atoms with van der Waals surface area (Å²) >= 11 is 0. The molecule has 0 fully saturated rings. The molecule has 2 aromatic carbocycles. The van der Waals surface area contributed by atoms with Crippen LogP contribution in [-0.4, -0.2) is 19.4 Å². The predicted octanol–water partition coefficient (Wildman–Crippen LogP) is 4.74. The van der Waals surface area contributed by atoms with Gasteiger partial charge >= 0.3 is 0 Å². The third-order valence-electron chi connectivity index (χ3n) is 5.09. The smallest absolute Gasteiger partial charge is 0.269 e. The summed E-state index contributed by atoms with van der Waals surface area (Å²) in [7, 11) is 0. The molecule has 0 amide bonds. The molecule has 3 aromatic heterocycles. The van der Waals surface area contributed by atoms with Gasteiger partial charge < -0.3 is 9.72 Å². The lowest BCUT2D eigenvalue weighted by atomic mass is 10.1. The number of hydrogen-bond acceptors (Lipinski definition) is 5. The Bertz CT molecular complexity index is 1570. The second-order valence-electron chi connectivity index (χ2n) is 7.20. The first-order valence-electron chi connectivity index (χ1n) is 9.96. The Morgan fingerprint density at radius 1 is 1.06 bits per heavy atom. The minimum Gasteiger partial charge on any atom is -0.438 e. The fraction of sp³-hybridized carbons (Fsp3) is 0.0400. The monoisotopic (exact) mass is 419 g/mol. The van der Waals surface area contributed by atoms with Crippen molar-refractivity contribution in [1.82, 2.24) is 19.4 Å². The highest BCUT2D eigenvalue weighted by Crippen LogP contribution is 2.28. The zero-order valence-corrected chi connectivity index (χ0v) is 17.1. The van der Waals surface area contributed by atoms with Crippen LogP contribution in [0.25, 0.3) is 28.3 Å². The molecule has 0 saturated carbocycles. The minimum atomic E-state index is -0.344. The van der Waals surface area contributed by atoms with Gasteiger partial charge in [0.05, 0.1) is 16.6 Å². The zero-order chi connectivity index (χ0) is 22.1. The number of aromatic amines is 1. The quantitative estimate of drug-likeness (QED) is 0.425. The van der Waals surface area contributed by atoms with E-state index in [2.05, 4.69) is 21.0 Å². The maximum atomic E-state index is 13.3. The summed E-state index contributed by atoms with van der Waals surface area (Å²) in [4.78, 5) is 25.5. The first-order valence-corrected chi connectivity index (χ1v) is 9.96. The average molecular weight is 419 g/mol. The zero-order valence-electron chi connectivity index (χ0n) is 17.1. The molecule has 5 aromatic rings. The van der Waals surface area contributed by atoms with Gasteiger partial charge in [-0.1, -0.05) is 36.4 Å². The number of nitrogens with zero attached hydrogens (tertiary/aromatic N) is 4. The van der Waals surface area contributed by atoms with E-state index < -0.39 is 0 Å². The van der Waals surface area contributed by atoms with Gasteiger partial charge in [0.15, 0.2) is 0 Å². The Morgan fingerprint density at radius 2 is 1.84 bits per heavy atom. The number of nitrogens with one attached hydrogen (secondary N) is 1. The molecule has 0 spiro atoms. The van der Waals surface area contributed by atoms with Crippen LogP contribution in [0, 0.1) is 18.3 Å². The van der Waals surface area contributed by atoms with Gasteiger partial charge in [0.1, 0.15) is 28.9 Å². The number of para-hydroxylation sites is 3. The summed E-state index contributed by atoms with van der Waals surface area (Å²) in [5, 5.41) is 9.85. The van der Waals surface area contributed by atoms with Gasteiger partial charge in [-0.05, 0) is 48.9 Å². The number of imidazole rings is 1. The molecular weight excluding hydrogens is 402 g/mol. The standard InChI is InChI=1S/C25H17N5O2/c1-16-8-2-5-11-21(16)32-24-18(25(31)30-13-7-6-12-22(30)29-24)14-17(15-26)23-27-19-9-3-4-10-20(19)28-23/h2-14H,1H3,(H,27,28)/b17-14+. The van der Waals surface area contributed by atoms with Gasteiger partial charge in [-0.3, -0.25) is 9.20 Å². The Hall–Kier alpha value is -4.70. The number of aryl methyl sites for hydroxylation is 1. The summed E-state index contributed by atoms with van der Waals surface area (Å²) in [5.74, 6) is 1.07. The number of allylic oxidation sites excluding steroid dienone is 1. The Labute approximate surface area is 182 Å². The molecule has 32 heavy (non-hydrogen) atoms. The van der Waals surface area contributed by atoms with Crippen molar-refractivity contribution >= 4 is 28.3 Å². The van der Waals surface area contributed by atoms with E-state index in [1.807, 2.05) is 55.5 Å². The molecule has 0 unspecified atom stereocenters. The van der Waals surface area contributed by atoms with Crippen molar-refractivity contribution < 1.29 is 4.74 Å². The molecule has 0 aliphatic heterocycles. The third kappa shape index (κ3) is 3.40. The molecule has 0 aliphatic rings. The van der Waals surface area contributed by atoms with Crippen LogP contribution in [0.4, 0.5) is 0 Å². The lowest BCUT2D eigenvalue weighted by Crippen LogP contribution is -2.18. The molecule has 154 valence electrons. The molecule has 0 atom stereocenters. The van der Waals surface area contributed by atoms with Crippen LogP contribution in [0.2, 0.25) is 0 Å². The number of nitriles is 1. The molecule has 0 radical (unpaired) electrons. The molecule has 1 N–H and O–H groups in total. The number of ether oxygens (including phenoxy) is 1. The van der Waals surface area contributed by atoms with Crippen LogP contribution in [-0.2, 0) is 0 Å². The number of hydrogen-bond donors (Lipinski definition) is 1. The summed E-state index contributed by atoms with van der Waals surface area (Å²) < 4.78 is 7.48. The SMILES string of the molecule is Cc1ccccc1Oc1nc2ccccn2c(=O)c1/C=C(\C#N)c1nc2ccccc2[nH]1. The van der Waals surface area contributed by atoms with E-state index >= 15 is 0 Å². The van der Waals surface area contributed by atoms with Gasteiger partial charge in [-0.25, -0.2) is 4.98 Å². The summed E-state index contributed by atoms with van der Waals surface area (Å²) in [6.45, 7) is 1.91. The van der Waals surface area contributed by atoms with Crippen molar-refractivity contribution in [2.75, 3.05) is 0 Å². The highest BCUT2D eigenvalue weighted by Gasteiger charge is 2.17. The molecule has 5 rings (SSSR count). The Balaban J connectivity index is 1.72. The van der Waals surface area contributed by atoms with Crippen molar-refractivity contribution in [2.45, 2.75) is 6.92 Å². The molecule has 0 aliphatic carbocycles. The molecule has 3 heterocycles. The lowest BCUT2D eigenvalue weighted by Gasteiger charge is -2.11. The van der Waals surface area contributed by atoms with E-state index in [1.54, 1.807) is 24.4 Å². The lowest BCUT2D eigenvalue weighted by molar-refractivity contribution is 0.457. The van der Waals surface area contributed by atoms with Crippen molar-refractivity contribution in [3.8, 4) is 17.7 Å².